The summed E-state index contributed by atoms with van der Waals surface area (Å²) >= 11 is 5.97. The molecule has 0 saturated carbocycles. The number of carbonyl (C=O) groups is 1. The highest BCUT2D eigenvalue weighted by atomic mass is 35.5. The number of fused-ring (bicyclic) bond motifs is 1. The first-order chi connectivity index (χ1) is 9.65. The zero-order chi connectivity index (χ0) is 14.1. The van der Waals surface area contributed by atoms with Crippen molar-refractivity contribution < 1.29 is 4.79 Å². The third-order valence-corrected chi connectivity index (χ3v) is 3.10. The van der Waals surface area contributed by atoms with Crippen molar-refractivity contribution in [2.24, 2.45) is 0 Å². The van der Waals surface area contributed by atoms with Gasteiger partial charge in [-0.25, -0.2) is 4.98 Å². The molecule has 0 spiro atoms. The average Bonchev–Trinajstić information content (AvgIpc) is 2.83. The number of rotatable bonds is 2. The van der Waals surface area contributed by atoms with Crippen molar-refractivity contribution in [3.63, 3.8) is 0 Å². The molecule has 20 heavy (non-hydrogen) atoms. The molecule has 0 aliphatic heterocycles. The van der Waals surface area contributed by atoms with Crippen molar-refractivity contribution in [2.75, 3.05) is 5.32 Å². The summed E-state index contributed by atoms with van der Waals surface area (Å²) in [6.07, 6.45) is 1.64. The average molecular weight is 288 g/mol. The van der Waals surface area contributed by atoms with Gasteiger partial charge in [0.05, 0.1) is 10.6 Å². The van der Waals surface area contributed by atoms with Crippen molar-refractivity contribution >= 4 is 29.2 Å². The van der Waals surface area contributed by atoms with Crippen LogP contribution in [0.1, 0.15) is 16.1 Å². The quantitative estimate of drug-likeness (QED) is 0.785. The molecule has 2 aromatic heterocycles. The number of aromatic nitrogens is 4. The Bertz CT molecular complexity index is 798. The Hall–Kier alpha value is -2.47. The Morgan fingerprint density at radius 1 is 1.30 bits per heavy atom. The normalized spacial score (nSPS) is 10.7. The van der Waals surface area contributed by atoms with Gasteiger partial charge in [0.1, 0.15) is 0 Å². The predicted octanol–water partition coefficient (Wildman–Crippen LogP) is 2.34. The first-order valence-electron chi connectivity index (χ1n) is 5.89. The standard InChI is InChI=1S/C13H10ClN5O/c1-8-6-7-15-13-17-12(18-19(8)13)16-11(20)9-4-2-3-5-10(9)14/h2-7H,1H3,(H,16,18,20). The molecule has 0 aliphatic carbocycles. The van der Waals surface area contributed by atoms with Crippen LogP contribution in [0.4, 0.5) is 5.95 Å². The largest absolute Gasteiger partial charge is 0.289 e. The number of halogens is 1. The molecule has 0 aliphatic rings. The number of anilines is 1. The first-order valence-corrected chi connectivity index (χ1v) is 6.27. The second-order valence-electron chi connectivity index (χ2n) is 4.17. The molecule has 3 rings (SSSR count). The van der Waals surface area contributed by atoms with Gasteiger partial charge in [-0.3, -0.25) is 10.1 Å². The molecule has 2 heterocycles. The van der Waals surface area contributed by atoms with E-state index in [1.807, 2.05) is 6.92 Å². The van der Waals surface area contributed by atoms with E-state index < -0.39 is 0 Å². The highest BCUT2D eigenvalue weighted by molar-refractivity contribution is 6.34. The van der Waals surface area contributed by atoms with Crippen LogP contribution in [0, 0.1) is 6.92 Å². The third kappa shape index (κ3) is 2.21. The lowest BCUT2D eigenvalue weighted by Gasteiger charge is -2.02. The summed E-state index contributed by atoms with van der Waals surface area (Å²) in [7, 11) is 0. The maximum atomic E-state index is 12.1. The fourth-order valence-corrected chi connectivity index (χ4v) is 2.00. The molecule has 0 bridgehead atoms. The van der Waals surface area contributed by atoms with Crippen molar-refractivity contribution in [3.05, 3.63) is 52.8 Å². The van der Waals surface area contributed by atoms with E-state index in [1.165, 1.54) is 0 Å². The molecule has 6 nitrogen and oxygen atoms in total. The number of aryl methyl sites for hydroxylation is 1. The summed E-state index contributed by atoms with van der Waals surface area (Å²) in [5, 5.41) is 7.16. The van der Waals surface area contributed by atoms with E-state index >= 15 is 0 Å². The van der Waals surface area contributed by atoms with Crippen molar-refractivity contribution in [3.8, 4) is 0 Å². The summed E-state index contributed by atoms with van der Waals surface area (Å²) in [5.41, 5.74) is 1.25. The van der Waals surface area contributed by atoms with Crippen LogP contribution in [-0.2, 0) is 0 Å². The van der Waals surface area contributed by atoms with Crippen molar-refractivity contribution in [1.29, 1.82) is 0 Å². The summed E-state index contributed by atoms with van der Waals surface area (Å²) in [5.74, 6) is 0.264. The highest BCUT2D eigenvalue weighted by Gasteiger charge is 2.13. The van der Waals surface area contributed by atoms with Gasteiger partial charge >= 0.3 is 0 Å². The zero-order valence-electron chi connectivity index (χ0n) is 10.5. The molecule has 0 radical (unpaired) electrons. The van der Waals surface area contributed by atoms with Crippen LogP contribution in [0.3, 0.4) is 0 Å². The van der Waals surface area contributed by atoms with Crippen LogP contribution >= 0.6 is 11.6 Å². The summed E-state index contributed by atoms with van der Waals surface area (Å²) in [6.45, 7) is 1.88. The molecule has 3 aromatic rings. The number of amides is 1. The lowest BCUT2D eigenvalue weighted by Crippen LogP contribution is -2.13. The van der Waals surface area contributed by atoms with Gasteiger partial charge in [-0.1, -0.05) is 23.7 Å². The second kappa shape index (κ2) is 4.90. The number of nitrogens with one attached hydrogen (secondary N) is 1. The van der Waals surface area contributed by atoms with E-state index in [4.69, 9.17) is 11.6 Å². The van der Waals surface area contributed by atoms with E-state index in [0.717, 1.165) is 5.69 Å². The van der Waals surface area contributed by atoms with Gasteiger partial charge in [-0.15, -0.1) is 5.10 Å². The van der Waals surface area contributed by atoms with Crippen LogP contribution in [0.2, 0.25) is 5.02 Å². The molecule has 0 atom stereocenters. The summed E-state index contributed by atoms with van der Waals surface area (Å²) in [4.78, 5) is 20.3. The maximum absolute atomic E-state index is 12.1. The molecule has 1 N–H and O–H groups in total. The van der Waals surface area contributed by atoms with Crippen LogP contribution < -0.4 is 5.32 Å². The van der Waals surface area contributed by atoms with Crippen molar-refractivity contribution in [2.45, 2.75) is 6.92 Å². The van der Waals surface area contributed by atoms with Crippen LogP contribution in [0.5, 0.6) is 0 Å². The number of carbonyl (C=O) groups excluding carboxylic acids is 1. The van der Waals surface area contributed by atoms with Crippen LogP contribution in [0.15, 0.2) is 36.5 Å². The van der Waals surface area contributed by atoms with E-state index in [2.05, 4.69) is 20.4 Å². The molecule has 100 valence electrons. The minimum absolute atomic E-state index is 0.191. The van der Waals surface area contributed by atoms with Gasteiger partial charge < -0.3 is 0 Å². The molecule has 0 unspecified atom stereocenters. The number of nitrogens with zero attached hydrogens (tertiary/aromatic N) is 4. The molecule has 7 heteroatoms. The van der Waals surface area contributed by atoms with Crippen molar-refractivity contribution in [1.82, 2.24) is 19.6 Å². The fraction of sp³-hybridized carbons (Fsp3) is 0.0769. The zero-order valence-corrected chi connectivity index (χ0v) is 11.3. The monoisotopic (exact) mass is 287 g/mol. The smallest absolute Gasteiger partial charge is 0.259 e. The number of benzene rings is 1. The number of hydrogen-bond donors (Lipinski definition) is 1. The minimum atomic E-state index is -0.357. The van der Waals surface area contributed by atoms with E-state index in [9.17, 15) is 4.79 Å². The van der Waals surface area contributed by atoms with E-state index in [0.29, 0.717) is 16.4 Å². The molecular weight excluding hydrogens is 278 g/mol. The topological polar surface area (TPSA) is 72.2 Å². The maximum Gasteiger partial charge on any atom is 0.259 e. The lowest BCUT2D eigenvalue weighted by molar-refractivity contribution is 0.102. The summed E-state index contributed by atoms with van der Waals surface area (Å²) < 4.78 is 1.56. The lowest BCUT2D eigenvalue weighted by atomic mass is 10.2. The van der Waals surface area contributed by atoms with Gasteiger partial charge in [-0.05, 0) is 25.1 Å². The Morgan fingerprint density at radius 2 is 2.10 bits per heavy atom. The Morgan fingerprint density at radius 3 is 2.85 bits per heavy atom. The van der Waals surface area contributed by atoms with E-state index in [1.54, 1.807) is 41.0 Å². The SMILES string of the molecule is Cc1ccnc2nc(NC(=O)c3ccccc3Cl)nn12. The predicted molar refractivity (Wildman–Crippen MR) is 74.9 cm³/mol. The van der Waals surface area contributed by atoms with Gasteiger partial charge in [0.25, 0.3) is 17.6 Å². The fourth-order valence-electron chi connectivity index (χ4n) is 1.77. The Balaban J connectivity index is 1.92. The van der Waals surface area contributed by atoms with E-state index in [-0.39, 0.29) is 11.9 Å². The van der Waals surface area contributed by atoms with Gasteiger partial charge in [0.2, 0.25) is 0 Å². The van der Waals surface area contributed by atoms with Gasteiger partial charge in [0, 0.05) is 11.9 Å². The Labute approximate surface area is 119 Å². The molecule has 1 amide bonds. The highest BCUT2D eigenvalue weighted by Crippen LogP contribution is 2.16. The number of hydrogen-bond acceptors (Lipinski definition) is 4. The van der Waals surface area contributed by atoms with Gasteiger partial charge in [0.15, 0.2) is 0 Å². The van der Waals surface area contributed by atoms with Crippen LogP contribution in [-0.4, -0.2) is 25.5 Å². The first kappa shape index (κ1) is 12.6. The molecule has 0 fully saturated rings. The molecule has 0 saturated heterocycles. The van der Waals surface area contributed by atoms with Gasteiger partial charge in [-0.2, -0.15) is 9.50 Å². The Kier molecular flexibility index (Phi) is 3.08. The molecule has 1 aromatic carbocycles. The summed E-state index contributed by atoms with van der Waals surface area (Å²) in [6, 6.07) is 8.59. The third-order valence-electron chi connectivity index (χ3n) is 2.77. The minimum Gasteiger partial charge on any atom is -0.289 e. The van der Waals surface area contributed by atoms with Crippen LogP contribution in [0.25, 0.3) is 5.78 Å². The second-order valence-corrected chi connectivity index (χ2v) is 4.57. The molecular formula is C13H10ClN5O.